The first-order valence-electron chi connectivity index (χ1n) is 6.26. The third-order valence-electron chi connectivity index (χ3n) is 2.83. The second-order valence-electron chi connectivity index (χ2n) is 4.52. The van der Waals surface area contributed by atoms with Crippen LogP contribution in [0.1, 0.15) is 23.3 Å². The van der Waals surface area contributed by atoms with E-state index in [0.717, 1.165) is 5.82 Å². The van der Waals surface area contributed by atoms with E-state index in [9.17, 15) is 4.79 Å². The summed E-state index contributed by atoms with van der Waals surface area (Å²) in [7, 11) is 0. The van der Waals surface area contributed by atoms with Gasteiger partial charge in [-0.1, -0.05) is 6.07 Å². The summed E-state index contributed by atoms with van der Waals surface area (Å²) in [5.74, 6) is 0.522. The van der Waals surface area contributed by atoms with Gasteiger partial charge < -0.3 is 10.6 Å². The Labute approximate surface area is 111 Å². The molecule has 2 aromatic heterocycles. The van der Waals surface area contributed by atoms with Crippen molar-refractivity contribution in [3.8, 4) is 0 Å². The number of rotatable bonds is 4. The van der Waals surface area contributed by atoms with Crippen molar-refractivity contribution < 1.29 is 4.79 Å². The van der Waals surface area contributed by atoms with Gasteiger partial charge in [-0.2, -0.15) is 0 Å². The second kappa shape index (κ2) is 5.06. The van der Waals surface area contributed by atoms with Crippen molar-refractivity contribution in [1.82, 2.24) is 9.97 Å². The molecule has 2 heterocycles. The first-order valence-corrected chi connectivity index (χ1v) is 6.26. The lowest BCUT2D eigenvalue weighted by Gasteiger charge is -2.07. The van der Waals surface area contributed by atoms with Crippen molar-refractivity contribution in [1.29, 1.82) is 0 Å². The fraction of sp³-hybridized carbons (Fsp3) is 0.214. The van der Waals surface area contributed by atoms with Gasteiger partial charge in [-0.3, -0.25) is 9.78 Å². The summed E-state index contributed by atoms with van der Waals surface area (Å²) in [6, 6.07) is 9.48. The number of aromatic nitrogens is 2. The number of hydrogen-bond donors (Lipinski definition) is 2. The van der Waals surface area contributed by atoms with Crippen LogP contribution in [0.2, 0.25) is 0 Å². The average Bonchev–Trinajstić information content (AvgIpc) is 3.24. The molecule has 0 bridgehead atoms. The highest BCUT2D eigenvalue weighted by Gasteiger charge is 2.21. The van der Waals surface area contributed by atoms with Gasteiger partial charge in [0.25, 0.3) is 5.91 Å². The number of nitrogens with zero attached hydrogens (tertiary/aromatic N) is 2. The van der Waals surface area contributed by atoms with Gasteiger partial charge in [-0.05, 0) is 37.1 Å². The molecule has 19 heavy (non-hydrogen) atoms. The number of nitrogens with one attached hydrogen (secondary N) is 2. The maximum atomic E-state index is 12.0. The van der Waals surface area contributed by atoms with Gasteiger partial charge in [-0.15, -0.1) is 0 Å². The van der Waals surface area contributed by atoms with Crippen LogP contribution in [-0.2, 0) is 0 Å². The van der Waals surface area contributed by atoms with Crippen LogP contribution in [0.5, 0.6) is 0 Å². The highest BCUT2D eigenvalue weighted by atomic mass is 16.1. The zero-order valence-corrected chi connectivity index (χ0v) is 10.3. The van der Waals surface area contributed by atoms with Gasteiger partial charge in [0.1, 0.15) is 11.5 Å². The van der Waals surface area contributed by atoms with E-state index in [1.165, 1.54) is 12.8 Å². The molecule has 1 aliphatic rings. The summed E-state index contributed by atoms with van der Waals surface area (Å²) in [5, 5.41) is 6.03. The van der Waals surface area contributed by atoms with E-state index in [1.54, 1.807) is 30.6 Å². The van der Waals surface area contributed by atoms with Gasteiger partial charge in [0.2, 0.25) is 0 Å². The minimum atomic E-state index is -0.229. The van der Waals surface area contributed by atoms with Crippen LogP contribution in [0.25, 0.3) is 0 Å². The first kappa shape index (κ1) is 11.6. The molecule has 5 nitrogen and oxygen atoms in total. The van der Waals surface area contributed by atoms with Crippen LogP contribution in [-0.4, -0.2) is 21.9 Å². The van der Waals surface area contributed by atoms with Crippen molar-refractivity contribution in [2.45, 2.75) is 18.9 Å². The van der Waals surface area contributed by atoms with Crippen LogP contribution in [0.15, 0.2) is 42.7 Å². The lowest BCUT2D eigenvalue weighted by atomic mass is 10.3. The van der Waals surface area contributed by atoms with E-state index in [4.69, 9.17) is 0 Å². The van der Waals surface area contributed by atoms with Gasteiger partial charge >= 0.3 is 0 Å². The summed E-state index contributed by atoms with van der Waals surface area (Å²) in [6.07, 6.45) is 5.61. The number of hydrogen-bond acceptors (Lipinski definition) is 4. The molecule has 1 saturated carbocycles. The van der Waals surface area contributed by atoms with E-state index in [0.29, 0.717) is 17.4 Å². The Bertz CT molecular complexity index is 581. The predicted molar refractivity (Wildman–Crippen MR) is 73.1 cm³/mol. The van der Waals surface area contributed by atoms with Crippen molar-refractivity contribution in [2.75, 3.05) is 10.6 Å². The van der Waals surface area contributed by atoms with E-state index < -0.39 is 0 Å². The molecule has 0 unspecified atom stereocenters. The fourth-order valence-corrected chi connectivity index (χ4v) is 1.71. The van der Waals surface area contributed by atoms with E-state index in [-0.39, 0.29) is 5.91 Å². The van der Waals surface area contributed by atoms with E-state index >= 15 is 0 Å². The fourth-order valence-electron chi connectivity index (χ4n) is 1.71. The molecule has 96 valence electrons. The smallest absolute Gasteiger partial charge is 0.274 e. The quantitative estimate of drug-likeness (QED) is 0.878. The Morgan fingerprint density at radius 3 is 2.84 bits per heavy atom. The maximum absolute atomic E-state index is 12.0. The molecular formula is C14H14N4O. The van der Waals surface area contributed by atoms with Crippen molar-refractivity contribution in [3.63, 3.8) is 0 Å². The maximum Gasteiger partial charge on any atom is 0.274 e. The molecule has 0 atom stereocenters. The van der Waals surface area contributed by atoms with Crippen molar-refractivity contribution in [2.24, 2.45) is 0 Å². The molecule has 0 radical (unpaired) electrons. The predicted octanol–water partition coefficient (Wildman–Crippen LogP) is 2.30. The standard InChI is InChI=1S/C14H14N4O/c19-14(17-11-3-2-8-15-9-11)12-4-1-5-13(18-12)16-10-6-7-10/h1-5,8-10H,6-7H2,(H,16,18)(H,17,19). The normalized spacial score (nSPS) is 13.9. The molecule has 2 N–H and O–H groups in total. The summed E-state index contributed by atoms with van der Waals surface area (Å²) in [5.41, 5.74) is 1.06. The summed E-state index contributed by atoms with van der Waals surface area (Å²) in [4.78, 5) is 20.3. The van der Waals surface area contributed by atoms with Gasteiger partial charge in [0.05, 0.1) is 11.9 Å². The van der Waals surface area contributed by atoms with Crippen LogP contribution in [0.3, 0.4) is 0 Å². The average molecular weight is 254 g/mol. The minimum Gasteiger partial charge on any atom is -0.367 e. The third kappa shape index (κ3) is 3.07. The summed E-state index contributed by atoms with van der Waals surface area (Å²) in [6.45, 7) is 0. The molecule has 1 fully saturated rings. The van der Waals surface area contributed by atoms with Gasteiger partial charge in [-0.25, -0.2) is 4.98 Å². The van der Waals surface area contributed by atoms with Crippen LogP contribution < -0.4 is 10.6 Å². The van der Waals surface area contributed by atoms with Crippen LogP contribution in [0, 0.1) is 0 Å². The Morgan fingerprint density at radius 2 is 2.11 bits per heavy atom. The minimum absolute atomic E-state index is 0.229. The molecule has 0 aliphatic heterocycles. The number of amides is 1. The van der Waals surface area contributed by atoms with E-state index in [2.05, 4.69) is 20.6 Å². The van der Waals surface area contributed by atoms with Gasteiger partial charge in [0, 0.05) is 12.2 Å². The Balaban J connectivity index is 1.72. The lowest BCUT2D eigenvalue weighted by molar-refractivity contribution is 0.102. The molecule has 0 saturated heterocycles. The number of carbonyl (C=O) groups is 1. The topological polar surface area (TPSA) is 66.9 Å². The molecule has 5 heteroatoms. The zero-order chi connectivity index (χ0) is 13.1. The van der Waals surface area contributed by atoms with Gasteiger partial charge in [0.15, 0.2) is 0 Å². The van der Waals surface area contributed by atoms with Crippen LogP contribution in [0.4, 0.5) is 11.5 Å². The first-order chi connectivity index (χ1) is 9.31. The summed E-state index contributed by atoms with van der Waals surface area (Å²) >= 11 is 0. The number of carbonyl (C=O) groups excluding carboxylic acids is 1. The molecular weight excluding hydrogens is 240 g/mol. The number of pyridine rings is 2. The molecule has 1 aliphatic carbocycles. The third-order valence-corrected chi connectivity index (χ3v) is 2.83. The highest BCUT2D eigenvalue weighted by Crippen LogP contribution is 2.23. The van der Waals surface area contributed by atoms with Crippen LogP contribution >= 0.6 is 0 Å². The molecule has 3 rings (SSSR count). The second-order valence-corrected chi connectivity index (χ2v) is 4.52. The number of anilines is 2. The Morgan fingerprint density at radius 1 is 1.21 bits per heavy atom. The van der Waals surface area contributed by atoms with Crippen molar-refractivity contribution >= 4 is 17.4 Å². The van der Waals surface area contributed by atoms with E-state index in [1.807, 2.05) is 12.1 Å². The Kier molecular flexibility index (Phi) is 3.10. The van der Waals surface area contributed by atoms with Crippen molar-refractivity contribution in [3.05, 3.63) is 48.4 Å². The Hall–Kier alpha value is -2.43. The summed E-state index contributed by atoms with van der Waals surface area (Å²) < 4.78 is 0. The lowest BCUT2D eigenvalue weighted by Crippen LogP contribution is -2.15. The highest BCUT2D eigenvalue weighted by molar-refractivity contribution is 6.02. The zero-order valence-electron chi connectivity index (χ0n) is 10.3. The monoisotopic (exact) mass is 254 g/mol. The molecule has 2 aromatic rings. The molecule has 0 aromatic carbocycles. The SMILES string of the molecule is O=C(Nc1cccnc1)c1cccc(NC2CC2)n1. The molecule has 0 spiro atoms. The largest absolute Gasteiger partial charge is 0.367 e. The molecule has 1 amide bonds.